The van der Waals surface area contributed by atoms with Crippen molar-refractivity contribution < 1.29 is 14.3 Å². The Morgan fingerprint density at radius 2 is 2.22 bits per heavy atom. The van der Waals surface area contributed by atoms with Gasteiger partial charge in [-0.25, -0.2) is 4.79 Å². The van der Waals surface area contributed by atoms with Crippen LogP contribution in [0.4, 0.5) is 0 Å². The maximum Gasteiger partial charge on any atom is 0.337 e. The lowest BCUT2D eigenvalue weighted by Gasteiger charge is -2.41. The summed E-state index contributed by atoms with van der Waals surface area (Å²) in [4.78, 5) is 16.7. The first-order valence-corrected chi connectivity index (χ1v) is 8.58. The van der Waals surface area contributed by atoms with Crippen molar-refractivity contribution in [1.82, 2.24) is 4.98 Å². The lowest BCUT2D eigenvalue weighted by atomic mass is 9.79. The van der Waals surface area contributed by atoms with Gasteiger partial charge in [-0.1, -0.05) is 19.1 Å². The molecular formula is C19H21NO3. The van der Waals surface area contributed by atoms with E-state index in [-0.39, 0.29) is 23.6 Å². The summed E-state index contributed by atoms with van der Waals surface area (Å²) in [7, 11) is 0. The van der Waals surface area contributed by atoms with Crippen LogP contribution in [0.1, 0.15) is 37.4 Å². The molecule has 3 aliphatic heterocycles. The van der Waals surface area contributed by atoms with Gasteiger partial charge in [0.1, 0.15) is 11.7 Å². The second-order valence-corrected chi connectivity index (χ2v) is 7.69. The van der Waals surface area contributed by atoms with Crippen LogP contribution in [0.25, 0.3) is 0 Å². The third kappa shape index (κ3) is 1.60. The molecule has 0 amide bonds. The Hall–Kier alpha value is -1.68. The fourth-order valence-electron chi connectivity index (χ4n) is 5.29. The van der Waals surface area contributed by atoms with E-state index in [4.69, 9.17) is 9.47 Å². The van der Waals surface area contributed by atoms with Gasteiger partial charge in [0.2, 0.25) is 0 Å². The Balaban J connectivity index is 1.57. The molecule has 4 aliphatic rings. The largest absolute Gasteiger partial charge is 0.455 e. The van der Waals surface area contributed by atoms with Crippen molar-refractivity contribution in [2.24, 2.45) is 11.8 Å². The van der Waals surface area contributed by atoms with E-state index in [9.17, 15) is 4.79 Å². The predicted molar refractivity (Wildman–Crippen MR) is 83.7 cm³/mol. The summed E-state index contributed by atoms with van der Waals surface area (Å²) in [6.07, 6.45) is 7.91. The molecule has 0 radical (unpaired) electrons. The molecule has 0 N–H and O–H groups in total. The summed E-state index contributed by atoms with van der Waals surface area (Å²) in [5, 5.41) is 0. The van der Waals surface area contributed by atoms with Gasteiger partial charge in [0.15, 0.2) is 0 Å². The zero-order valence-electron chi connectivity index (χ0n) is 13.5. The summed E-state index contributed by atoms with van der Waals surface area (Å²) in [5.74, 6) is 0.467. The summed E-state index contributed by atoms with van der Waals surface area (Å²) >= 11 is 0. The minimum Gasteiger partial charge on any atom is -0.455 e. The second-order valence-electron chi connectivity index (χ2n) is 7.69. The number of esters is 1. The Morgan fingerprint density at radius 3 is 3.00 bits per heavy atom. The number of pyridine rings is 1. The van der Waals surface area contributed by atoms with Crippen LogP contribution in [0, 0.1) is 18.8 Å². The fourth-order valence-corrected chi connectivity index (χ4v) is 5.29. The predicted octanol–water partition coefficient (Wildman–Crippen LogP) is 2.74. The van der Waals surface area contributed by atoms with Crippen LogP contribution in [0.15, 0.2) is 30.0 Å². The second kappa shape index (κ2) is 4.23. The number of aromatic nitrogens is 1. The first-order valence-electron chi connectivity index (χ1n) is 8.58. The molecule has 4 nitrogen and oxygen atoms in total. The van der Waals surface area contributed by atoms with E-state index in [1.807, 2.05) is 13.1 Å². The SMILES string of the molecule is Cc1ccc(CC23CC4CC[C@H]5OC(=O)C(=C[C@H]2C)[C@@]45O3)cn1. The standard InChI is InChI=1S/C19H21NO3/c1-11-7-15-17(21)22-16-6-5-14-9-18(11,23-19(14,15)16)8-13-4-3-12(2)20-10-13/h3-4,7,10-11,14,16H,5-6,8-9H2,1-2H3/t11-,14?,16-,18?,19+/m1/s1. The van der Waals surface area contributed by atoms with Crippen LogP contribution >= 0.6 is 0 Å². The lowest BCUT2D eigenvalue weighted by molar-refractivity contribution is -0.149. The van der Waals surface area contributed by atoms with Crippen molar-refractivity contribution in [2.75, 3.05) is 0 Å². The first kappa shape index (κ1) is 13.7. The monoisotopic (exact) mass is 311 g/mol. The molecule has 23 heavy (non-hydrogen) atoms. The number of fused-ring (bicyclic) bond motifs is 1. The van der Waals surface area contributed by atoms with E-state index < -0.39 is 5.60 Å². The average Bonchev–Trinajstić information content (AvgIpc) is 3.07. The third-order valence-electron chi connectivity index (χ3n) is 6.44. The van der Waals surface area contributed by atoms with Crippen molar-refractivity contribution in [1.29, 1.82) is 0 Å². The maximum atomic E-state index is 12.2. The van der Waals surface area contributed by atoms with E-state index in [0.717, 1.165) is 37.0 Å². The van der Waals surface area contributed by atoms with Crippen molar-refractivity contribution in [2.45, 2.75) is 56.8 Å². The molecular weight excluding hydrogens is 290 g/mol. The molecule has 3 fully saturated rings. The normalized spacial score (nSPS) is 43.3. The number of nitrogens with zero attached hydrogens (tertiary/aromatic N) is 1. The Morgan fingerprint density at radius 1 is 1.35 bits per heavy atom. The molecule has 1 aromatic heterocycles. The molecule has 1 aromatic rings. The number of ether oxygens (including phenoxy) is 2. The number of rotatable bonds is 2. The van der Waals surface area contributed by atoms with Gasteiger partial charge in [-0.15, -0.1) is 0 Å². The highest BCUT2D eigenvalue weighted by Crippen LogP contribution is 2.64. The van der Waals surface area contributed by atoms with Gasteiger partial charge in [-0.3, -0.25) is 4.98 Å². The van der Waals surface area contributed by atoms with E-state index in [0.29, 0.717) is 5.92 Å². The molecule has 1 aliphatic carbocycles. The van der Waals surface area contributed by atoms with Crippen LogP contribution in [-0.2, 0) is 20.7 Å². The molecule has 4 heteroatoms. The topological polar surface area (TPSA) is 48.4 Å². The number of aryl methyl sites for hydroxylation is 1. The fraction of sp³-hybridized carbons (Fsp3) is 0.579. The summed E-state index contributed by atoms with van der Waals surface area (Å²) < 4.78 is 12.4. The van der Waals surface area contributed by atoms with E-state index in [1.165, 1.54) is 5.56 Å². The Kier molecular flexibility index (Phi) is 2.53. The number of hydrogen-bond donors (Lipinski definition) is 0. The number of carbonyl (C=O) groups is 1. The molecule has 120 valence electrons. The molecule has 1 saturated carbocycles. The molecule has 1 spiro atoms. The van der Waals surface area contributed by atoms with Crippen LogP contribution in [0.3, 0.4) is 0 Å². The van der Waals surface area contributed by atoms with Crippen molar-refractivity contribution in [3.8, 4) is 0 Å². The van der Waals surface area contributed by atoms with Gasteiger partial charge < -0.3 is 9.47 Å². The molecule has 5 rings (SSSR count). The third-order valence-corrected chi connectivity index (χ3v) is 6.44. The van der Waals surface area contributed by atoms with Crippen molar-refractivity contribution >= 4 is 5.97 Å². The van der Waals surface area contributed by atoms with Crippen LogP contribution in [-0.4, -0.2) is 28.3 Å². The van der Waals surface area contributed by atoms with Crippen molar-refractivity contribution in [3.05, 3.63) is 41.2 Å². The summed E-state index contributed by atoms with van der Waals surface area (Å²) in [5.41, 5.74) is 2.35. The number of hydrogen-bond acceptors (Lipinski definition) is 4. The van der Waals surface area contributed by atoms with Crippen LogP contribution in [0.2, 0.25) is 0 Å². The smallest absolute Gasteiger partial charge is 0.337 e. The van der Waals surface area contributed by atoms with Crippen LogP contribution < -0.4 is 0 Å². The highest BCUT2D eigenvalue weighted by atomic mass is 16.6. The summed E-state index contributed by atoms with van der Waals surface area (Å²) in [6.45, 7) is 4.17. The lowest BCUT2D eigenvalue weighted by Crippen LogP contribution is -2.49. The highest BCUT2D eigenvalue weighted by Gasteiger charge is 2.72. The highest BCUT2D eigenvalue weighted by molar-refractivity contribution is 5.94. The van der Waals surface area contributed by atoms with Gasteiger partial charge >= 0.3 is 5.97 Å². The van der Waals surface area contributed by atoms with Gasteiger partial charge in [-0.05, 0) is 43.7 Å². The Bertz CT molecular complexity index is 725. The van der Waals surface area contributed by atoms with Gasteiger partial charge in [-0.2, -0.15) is 0 Å². The maximum absolute atomic E-state index is 12.2. The molecule has 0 aromatic carbocycles. The molecule has 5 atom stereocenters. The Labute approximate surface area is 135 Å². The summed E-state index contributed by atoms with van der Waals surface area (Å²) in [6, 6.07) is 4.20. The molecule has 2 saturated heterocycles. The zero-order chi connectivity index (χ0) is 15.8. The quantitative estimate of drug-likeness (QED) is 0.788. The zero-order valence-corrected chi connectivity index (χ0v) is 13.5. The van der Waals surface area contributed by atoms with Gasteiger partial charge in [0.05, 0.1) is 11.2 Å². The van der Waals surface area contributed by atoms with E-state index in [1.54, 1.807) is 0 Å². The van der Waals surface area contributed by atoms with E-state index >= 15 is 0 Å². The first-order chi connectivity index (χ1) is 11.0. The average molecular weight is 311 g/mol. The van der Waals surface area contributed by atoms with Crippen LogP contribution in [0.5, 0.6) is 0 Å². The van der Waals surface area contributed by atoms with E-state index in [2.05, 4.69) is 30.1 Å². The molecule has 2 bridgehead atoms. The van der Waals surface area contributed by atoms with Crippen molar-refractivity contribution in [3.63, 3.8) is 0 Å². The molecule has 2 unspecified atom stereocenters. The minimum absolute atomic E-state index is 0.0724. The number of carbonyl (C=O) groups excluding carboxylic acids is 1. The minimum atomic E-state index is -0.457. The molecule has 4 heterocycles. The van der Waals surface area contributed by atoms with Gasteiger partial charge in [0.25, 0.3) is 0 Å². The van der Waals surface area contributed by atoms with Gasteiger partial charge in [0, 0.05) is 24.2 Å².